The normalized spacial score (nSPS) is 38.8. The molecular formula is C15H29N3. The molecule has 1 saturated carbocycles. The minimum Gasteiger partial charge on any atom is -0.330 e. The van der Waals surface area contributed by atoms with Crippen molar-refractivity contribution in [1.82, 2.24) is 9.80 Å². The zero-order valence-electron chi connectivity index (χ0n) is 11.7. The van der Waals surface area contributed by atoms with Crippen LogP contribution in [-0.2, 0) is 0 Å². The maximum Gasteiger partial charge on any atom is 0.0224 e. The molecule has 1 atom stereocenters. The fourth-order valence-electron chi connectivity index (χ4n) is 4.24. The first-order valence-corrected chi connectivity index (χ1v) is 8.01. The Labute approximate surface area is 112 Å². The van der Waals surface area contributed by atoms with Gasteiger partial charge in [-0.3, -0.25) is 4.90 Å². The number of hydrogen-bond donors (Lipinski definition) is 1. The third kappa shape index (κ3) is 2.89. The maximum absolute atomic E-state index is 5.78. The standard InChI is InChI=1S/C15H29N3/c16-10-13-3-5-14(6-4-13)11-17-8-9-18-7-1-2-15(18)12-17/h13-15H,1-12,16H2. The Bertz CT molecular complexity index is 260. The summed E-state index contributed by atoms with van der Waals surface area (Å²) in [5, 5.41) is 0. The molecule has 1 aliphatic carbocycles. The fourth-order valence-corrected chi connectivity index (χ4v) is 4.24. The van der Waals surface area contributed by atoms with Gasteiger partial charge < -0.3 is 10.6 Å². The van der Waals surface area contributed by atoms with Crippen LogP contribution in [0.25, 0.3) is 0 Å². The van der Waals surface area contributed by atoms with Gasteiger partial charge in [-0.25, -0.2) is 0 Å². The monoisotopic (exact) mass is 251 g/mol. The van der Waals surface area contributed by atoms with Crippen LogP contribution in [0.2, 0.25) is 0 Å². The van der Waals surface area contributed by atoms with E-state index in [1.165, 1.54) is 71.2 Å². The van der Waals surface area contributed by atoms with E-state index in [2.05, 4.69) is 9.80 Å². The molecular weight excluding hydrogens is 222 g/mol. The number of nitrogens with two attached hydrogens (primary N) is 1. The summed E-state index contributed by atoms with van der Waals surface area (Å²) in [6, 6.07) is 0.888. The van der Waals surface area contributed by atoms with Crippen molar-refractivity contribution in [2.75, 3.05) is 39.3 Å². The van der Waals surface area contributed by atoms with Gasteiger partial charge in [0.25, 0.3) is 0 Å². The number of hydrogen-bond acceptors (Lipinski definition) is 3. The molecule has 3 nitrogen and oxygen atoms in total. The second-order valence-corrected chi connectivity index (χ2v) is 6.71. The van der Waals surface area contributed by atoms with Gasteiger partial charge in [0.1, 0.15) is 0 Å². The summed E-state index contributed by atoms with van der Waals surface area (Å²) in [6.07, 6.45) is 8.48. The Hall–Kier alpha value is -0.120. The summed E-state index contributed by atoms with van der Waals surface area (Å²) in [4.78, 5) is 5.46. The Morgan fingerprint density at radius 3 is 2.44 bits per heavy atom. The van der Waals surface area contributed by atoms with Gasteiger partial charge in [-0.15, -0.1) is 0 Å². The zero-order valence-corrected chi connectivity index (χ0v) is 11.7. The summed E-state index contributed by atoms with van der Waals surface area (Å²) in [5.41, 5.74) is 5.78. The lowest BCUT2D eigenvalue weighted by Gasteiger charge is -2.40. The van der Waals surface area contributed by atoms with E-state index >= 15 is 0 Å². The van der Waals surface area contributed by atoms with Crippen molar-refractivity contribution in [3.8, 4) is 0 Å². The molecule has 1 unspecified atom stereocenters. The van der Waals surface area contributed by atoms with Crippen molar-refractivity contribution in [3.63, 3.8) is 0 Å². The molecule has 0 aromatic rings. The lowest BCUT2D eigenvalue weighted by Crippen LogP contribution is -2.51. The third-order valence-corrected chi connectivity index (χ3v) is 5.49. The predicted molar refractivity (Wildman–Crippen MR) is 75.5 cm³/mol. The minimum atomic E-state index is 0.827. The highest BCUT2D eigenvalue weighted by Crippen LogP contribution is 2.30. The molecule has 0 amide bonds. The van der Waals surface area contributed by atoms with Crippen LogP contribution in [0, 0.1) is 11.8 Å². The smallest absolute Gasteiger partial charge is 0.0224 e. The van der Waals surface area contributed by atoms with Crippen LogP contribution < -0.4 is 5.73 Å². The Balaban J connectivity index is 1.43. The van der Waals surface area contributed by atoms with Gasteiger partial charge in [-0.2, -0.15) is 0 Å². The van der Waals surface area contributed by atoms with Crippen molar-refractivity contribution in [2.45, 2.75) is 44.6 Å². The van der Waals surface area contributed by atoms with Gasteiger partial charge in [-0.05, 0) is 63.5 Å². The predicted octanol–water partition coefficient (Wildman–Crippen LogP) is 1.53. The second kappa shape index (κ2) is 5.89. The quantitative estimate of drug-likeness (QED) is 0.826. The van der Waals surface area contributed by atoms with Gasteiger partial charge in [0.05, 0.1) is 0 Å². The molecule has 104 valence electrons. The van der Waals surface area contributed by atoms with E-state index in [-0.39, 0.29) is 0 Å². The molecule has 0 aromatic carbocycles. The van der Waals surface area contributed by atoms with Gasteiger partial charge in [0, 0.05) is 32.2 Å². The van der Waals surface area contributed by atoms with E-state index < -0.39 is 0 Å². The van der Waals surface area contributed by atoms with Crippen LogP contribution >= 0.6 is 0 Å². The minimum absolute atomic E-state index is 0.827. The summed E-state index contributed by atoms with van der Waals surface area (Å²) >= 11 is 0. The van der Waals surface area contributed by atoms with Crippen molar-refractivity contribution in [2.24, 2.45) is 17.6 Å². The Morgan fingerprint density at radius 2 is 1.67 bits per heavy atom. The van der Waals surface area contributed by atoms with Crippen molar-refractivity contribution in [3.05, 3.63) is 0 Å². The van der Waals surface area contributed by atoms with Gasteiger partial charge >= 0.3 is 0 Å². The summed E-state index contributed by atoms with van der Waals surface area (Å²) < 4.78 is 0. The summed E-state index contributed by atoms with van der Waals surface area (Å²) in [7, 11) is 0. The molecule has 3 aliphatic rings. The van der Waals surface area contributed by atoms with E-state index in [0.717, 1.165) is 24.4 Å². The van der Waals surface area contributed by atoms with Crippen LogP contribution in [0.4, 0.5) is 0 Å². The molecule has 2 aliphatic heterocycles. The number of fused-ring (bicyclic) bond motifs is 1. The molecule has 0 radical (unpaired) electrons. The Kier molecular flexibility index (Phi) is 4.22. The molecule has 3 fully saturated rings. The van der Waals surface area contributed by atoms with Crippen molar-refractivity contribution in [1.29, 1.82) is 0 Å². The molecule has 3 rings (SSSR count). The Morgan fingerprint density at radius 1 is 0.889 bits per heavy atom. The average Bonchev–Trinajstić information content (AvgIpc) is 2.87. The highest BCUT2D eigenvalue weighted by Gasteiger charge is 2.31. The molecule has 0 spiro atoms. The molecule has 2 heterocycles. The van der Waals surface area contributed by atoms with Gasteiger partial charge in [-0.1, -0.05) is 0 Å². The molecule has 3 heteroatoms. The third-order valence-electron chi connectivity index (χ3n) is 5.49. The average molecular weight is 251 g/mol. The molecule has 0 aromatic heterocycles. The van der Waals surface area contributed by atoms with E-state index in [9.17, 15) is 0 Å². The van der Waals surface area contributed by atoms with Crippen LogP contribution in [0.1, 0.15) is 38.5 Å². The second-order valence-electron chi connectivity index (χ2n) is 6.71. The van der Waals surface area contributed by atoms with Crippen LogP contribution in [-0.4, -0.2) is 55.1 Å². The topological polar surface area (TPSA) is 32.5 Å². The number of nitrogens with zero attached hydrogens (tertiary/aromatic N) is 2. The fraction of sp³-hybridized carbons (Fsp3) is 1.00. The largest absolute Gasteiger partial charge is 0.330 e. The van der Waals surface area contributed by atoms with Crippen LogP contribution in [0.3, 0.4) is 0 Å². The van der Waals surface area contributed by atoms with E-state index in [1.54, 1.807) is 0 Å². The van der Waals surface area contributed by atoms with Gasteiger partial charge in [0.15, 0.2) is 0 Å². The van der Waals surface area contributed by atoms with E-state index in [1.807, 2.05) is 0 Å². The van der Waals surface area contributed by atoms with E-state index in [4.69, 9.17) is 5.73 Å². The molecule has 18 heavy (non-hydrogen) atoms. The summed E-state index contributed by atoms with van der Waals surface area (Å²) in [6.45, 7) is 7.61. The van der Waals surface area contributed by atoms with Crippen LogP contribution in [0.15, 0.2) is 0 Å². The first-order chi connectivity index (χ1) is 8.85. The zero-order chi connectivity index (χ0) is 12.4. The SMILES string of the molecule is NCC1CCC(CN2CCN3CCCC3C2)CC1. The number of rotatable bonds is 3. The molecule has 2 N–H and O–H groups in total. The van der Waals surface area contributed by atoms with E-state index in [0.29, 0.717) is 0 Å². The van der Waals surface area contributed by atoms with Crippen LogP contribution in [0.5, 0.6) is 0 Å². The van der Waals surface area contributed by atoms with Crippen molar-refractivity contribution >= 4 is 0 Å². The summed E-state index contributed by atoms with van der Waals surface area (Å²) in [5.74, 6) is 1.79. The molecule has 0 bridgehead atoms. The van der Waals surface area contributed by atoms with Gasteiger partial charge in [0.2, 0.25) is 0 Å². The first-order valence-electron chi connectivity index (χ1n) is 8.01. The van der Waals surface area contributed by atoms with Crippen molar-refractivity contribution < 1.29 is 0 Å². The maximum atomic E-state index is 5.78. The number of piperazine rings is 1. The lowest BCUT2D eigenvalue weighted by molar-refractivity contribution is 0.0822. The first kappa shape index (κ1) is 12.9. The lowest BCUT2D eigenvalue weighted by atomic mass is 9.81. The highest BCUT2D eigenvalue weighted by atomic mass is 15.3. The molecule has 2 saturated heterocycles. The highest BCUT2D eigenvalue weighted by molar-refractivity contribution is 4.88.